The van der Waals surface area contributed by atoms with E-state index in [4.69, 9.17) is 28.4 Å². The number of unbranched alkanes of at least 4 members (excludes halogenated alkanes) is 18. The molecule has 0 aliphatic rings. The van der Waals surface area contributed by atoms with Gasteiger partial charge in [-0.25, -0.2) is 29.5 Å². The molecule has 0 unspecified atom stereocenters. The van der Waals surface area contributed by atoms with Crippen LogP contribution in [0, 0.1) is 0 Å². The highest BCUT2D eigenvalue weighted by molar-refractivity contribution is 5.81. The summed E-state index contributed by atoms with van der Waals surface area (Å²) in [4.78, 5) is 40.4. The van der Waals surface area contributed by atoms with E-state index in [2.05, 4.69) is 52.2 Å². The van der Waals surface area contributed by atoms with Gasteiger partial charge in [0.05, 0.1) is 51.2 Å². The van der Waals surface area contributed by atoms with E-state index in [1.807, 2.05) is 54.6 Å². The Hall–Kier alpha value is -6.56. The molecular formula is C60H78N4O8. The van der Waals surface area contributed by atoms with Gasteiger partial charge in [0.1, 0.15) is 13.2 Å². The monoisotopic (exact) mass is 983 g/mol. The minimum Gasteiger partial charge on any atom is -0.490 e. The van der Waals surface area contributed by atoms with Crippen LogP contribution in [0.1, 0.15) is 152 Å². The van der Waals surface area contributed by atoms with E-state index in [-0.39, 0.29) is 11.9 Å². The van der Waals surface area contributed by atoms with Gasteiger partial charge in [0.2, 0.25) is 0 Å². The van der Waals surface area contributed by atoms with Gasteiger partial charge in [0.15, 0.2) is 34.6 Å². The van der Waals surface area contributed by atoms with Crippen LogP contribution < -0.4 is 18.9 Å². The Morgan fingerprint density at radius 2 is 0.750 bits per heavy atom. The first-order chi connectivity index (χ1) is 35.4. The van der Waals surface area contributed by atoms with Crippen molar-refractivity contribution in [2.24, 2.45) is 0 Å². The molecule has 0 N–H and O–H groups in total. The van der Waals surface area contributed by atoms with Crippen molar-refractivity contribution in [2.45, 2.75) is 155 Å². The van der Waals surface area contributed by atoms with E-state index in [0.29, 0.717) is 74.3 Å². The summed E-state index contributed by atoms with van der Waals surface area (Å²) >= 11 is 0. The van der Waals surface area contributed by atoms with E-state index < -0.39 is 0 Å². The Balaban J connectivity index is 0.935. The lowest BCUT2D eigenvalue weighted by Crippen LogP contribution is -2.02. The molecule has 0 saturated heterocycles. The van der Waals surface area contributed by atoms with Crippen LogP contribution in [0.5, 0.6) is 23.0 Å². The molecule has 72 heavy (non-hydrogen) atoms. The molecule has 2 heterocycles. The average Bonchev–Trinajstić information content (AvgIpc) is 3.42. The fraction of sp³-hybridized carbons (Fsp3) is 0.467. The minimum absolute atomic E-state index is 0.337. The van der Waals surface area contributed by atoms with Crippen molar-refractivity contribution in [1.82, 2.24) is 19.9 Å². The summed E-state index contributed by atoms with van der Waals surface area (Å²) in [6, 6.07) is 22.3. The van der Waals surface area contributed by atoms with Crippen LogP contribution in [0.4, 0.5) is 0 Å². The van der Waals surface area contributed by atoms with Gasteiger partial charge in [-0.3, -0.25) is 0 Å². The minimum atomic E-state index is -0.337. The predicted molar refractivity (Wildman–Crippen MR) is 285 cm³/mol. The van der Waals surface area contributed by atoms with E-state index in [9.17, 15) is 9.59 Å². The van der Waals surface area contributed by atoms with Gasteiger partial charge in [-0.15, -0.1) is 0 Å². The molecule has 0 fully saturated rings. The summed E-state index contributed by atoms with van der Waals surface area (Å²) in [5.74, 6) is 3.38. The van der Waals surface area contributed by atoms with Crippen LogP contribution in [0.3, 0.4) is 0 Å². The van der Waals surface area contributed by atoms with Crippen molar-refractivity contribution in [3.63, 3.8) is 0 Å². The molecule has 0 saturated carbocycles. The second kappa shape index (κ2) is 34.7. The normalized spacial score (nSPS) is 10.9. The molecule has 0 aliphatic carbocycles. The molecular weight excluding hydrogens is 905 g/mol. The third-order valence-corrected chi connectivity index (χ3v) is 12.3. The standard InChI is InChI=1S/C60H78N4O8/c1-4-48-31-36-55(71-46-49-27-32-51(33-28-49)59-61-42-53(43-62-59)67-37-23-19-15-11-7-9-13-17-21-25-39-69-57(65)5-2)56(41-48)72-47-50-29-34-52(35-30-50)60-63-44-54(45-64-60)68-38-24-20-16-12-8-10-14-18-22-26-40-70-58(66)6-3/h5-6,27-36,41-45H,2-4,7-26,37-40,46-47H2,1H3. The highest BCUT2D eigenvalue weighted by atomic mass is 16.5. The molecule has 0 aliphatic heterocycles. The Morgan fingerprint density at radius 3 is 1.11 bits per heavy atom. The number of carbonyl (C=O) groups is 2. The first-order valence-electron chi connectivity index (χ1n) is 26.5. The number of nitrogens with zero attached hydrogens (tertiary/aromatic N) is 4. The Morgan fingerprint density at radius 1 is 0.417 bits per heavy atom. The maximum absolute atomic E-state index is 11.1. The van der Waals surface area contributed by atoms with Crippen molar-refractivity contribution in [2.75, 3.05) is 26.4 Å². The largest absolute Gasteiger partial charge is 0.490 e. The van der Waals surface area contributed by atoms with Crippen LogP contribution in [0.2, 0.25) is 0 Å². The molecule has 5 rings (SSSR count). The number of esters is 2. The summed E-state index contributed by atoms with van der Waals surface area (Å²) < 4.78 is 34.6. The van der Waals surface area contributed by atoms with Crippen LogP contribution in [0.25, 0.3) is 22.8 Å². The zero-order valence-electron chi connectivity index (χ0n) is 42.9. The second-order valence-corrected chi connectivity index (χ2v) is 18.1. The third kappa shape index (κ3) is 22.7. The fourth-order valence-electron chi connectivity index (χ4n) is 7.99. The molecule has 0 spiro atoms. The number of rotatable bonds is 39. The first kappa shape index (κ1) is 56.4. The number of carbonyl (C=O) groups excluding carboxylic acids is 2. The zero-order chi connectivity index (χ0) is 50.7. The summed E-state index contributed by atoms with van der Waals surface area (Å²) in [6.07, 6.45) is 33.4. The number of hydrogen-bond donors (Lipinski definition) is 0. The second-order valence-electron chi connectivity index (χ2n) is 18.1. The molecule has 5 aromatic rings. The maximum atomic E-state index is 11.1. The quantitative estimate of drug-likeness (QED) is 0.0210. The number of ether oxygens (including phenoxy) is 6. The van der Waals surface area contributed by atoms with Gasteiger partial charge >= 0.3 is 11.9 Å². The number of aromatic nitrogens is 4. The molecule has 3 aromatic carbocycles. The lowest BCUT2D eigenvalue weighted by molar-refractivity contribution is -0.138. The molecule has 0 amide bonds. The summed E-state index contributed by atoms with van der Waals surface area (Å²) in [5.41, 5.74) is 5.06. The SMILES string of the molecule is C=CC(=O)OCCCCCCCCCCCCOc1cnc(-c2ccc(COc3ccc(CC)cc3OCc3ccc(-c4ncc(OCCCCCCCCCCCCOC(=O)C=C)cn4)cc3)cc2)nc1. The predicted octanol–water partition coefficient (Wildman–Crippen LogP) is 14.3. The van der Waals surface area contributed by atoms with Gasteiger partial charge < -0.3 is 28.4 Å². The Labute approximate surface area is 429 Å². The van der Waals surface area contributed by atoms with Gasteiger partial charge in [0.25, 0.3) is 0 Å². The number of hydrogen-bond acceptors (Lipinski definition) is 12. The van der Waals surface area contributed by atoms with Gasteiger partial charge in [-0.2, -0.15) is 0 Å². The Kier molecular flexibility index (Phi) is 27.2. The van der Waals surface area contributed by atoms with Crippen molar-refractivity contribution in [3.05, 3.63) is 134 Å². The first-order valence-corrected chi connectivity index (χ1v) is 26.5. The molecule has 12 heteroatoms. The van der Waals surface area contributed by atoms with E-state index in [1.54, 1.807) is 24.8 Å². The van der Waals surface area contributed by atoms with Crippen molar-refractivity contribution in [3.8, 4) is 45.8 Å². The highest BCUT2D eigenvalue weighted by Crippen LogP contribution is 2.31. The summed E-state index contributed by atoms with van der Waals surface area (Å²) in [7, 11) is 0. The Bertz CT molecular complexity index is 2290. The van der Waals surface area contributed by atoms with Gasteiger partial charge in [-0.1, -0.05) is 177 Å². The lowest BCUT2D eigenvalue weighted by Gasteiger charge is -2.15. The van der Waals surface area contributed by atoms with E-state index >= 15 is 0 Å². The molecule has 2 aromatic heterocycles. The van der Waals surface area contributed by atoms with Gasteiger partial charge in [-0.05, 0) is 60.9 Å². The topological polar surface area (TPSA) is 141 Å². The summed E-state index contributed by atoms with van der Waals surface area (Å²) in [6.45, 7) is 12.0. The summed E-state index contributed by atoms with van der Waals surface area (Å²) in [5, 5.41) is 0. The average molecular weight is 983 g/mol. The van der Waals surface area contributed by atoms with Crippen molar-refractivity contribution >= 4 is 11.9 Å². The van der Waals surface area contributed by atoms with E-state index in [0.717, 1.165) is 80.0 Å². The van der Waals surface area contributed by atoms with Crippen LogP contribution in [0.15, 0.2) is 117 Å². The molecule has 0 radical (unpaired) electrons. The van der Waals surface area contributed by atoms with E-state index in [1.165, 1.54) is 94.8 Å². The highest BCUT2D eigenvalue weighted by Gasteiger charge is 2.11. The zero-order valence-corrected chi connectivity index (χ0v) is 42.9. The van der Waals surface area contributed by atoms with Gasteiger partial charge in [0, 0.05) is 23.3 Å². The number of benzene rings is 3. The van der Waals surface area contributed by atoms with Crippen LogP contribution in [-0.2, 0) is 38.7 Å². The van der Waals surface area contributed by atoms with Crippen LogP contribution in [-0.4, -0.2) is 58.3 Å². The smallest absolute Gasteiger partial charge is 0.330 e. The van der Waals surface area contributed by atoms with Crippen molar-refractivity contribution in [1.29, 1.82) is 0 Å². The molecule has 0 atom stereocenters. The molecule has 386 valence electrons. The third-order valence-electron chi connectivity index (χ3n) is 12.3. The number of aryl methyl sites for hydroxylation is 1. The molecule has 12 nitrogen and oxygen atoms in total. The lowest BCUT2D eigenvalue weighted by atomic mass is 10.1. The fourth-order valence-corrected chi connectivity index (χ4v) is 7.99. The van der Waals surface area contributed by atoms with Crippen LogP contribution >= 0.6 is 0 Å². The van der Waals surface area contributed by atoms with Crippen molar-refractivity contribution < 1.29 is 38.0 Å². The maximum Gasteiger partial charge on any atom is 0.330 e. The molecule has 0 bridgehead atoms.